The van der Waals surface area contributed by atoms with Crippen LogP contribution in [-0.2, 0) is 5.75 Å². The number of hydrogen-bond acceptors (Lipinski definition) is 3. The van der Waals surface area contributed by atoms with Gasteiger partial charge in [-0.05, 0) is 42.3 Å². The van der Waals surface area contributed by atoms with Crippen molar-refractivity contribution in [3.05, 3.63) is 95.0 Å². The van der Waals surface area contributed by atoms with Crippen LogP contribution >= 0.6 is 23.4 Å². The Hall–Kier alpha value is -2.56. The van der Waals surface area contributed by atoms with Crippen LogP contribution in [0.25, 0.3) is 17.1 Å². The number of aryl methyl sites for hydroxylation is 1. The van der Waals surface area contributed by atoms with Gasteiger partial charge in [0.1, 0.15) is 0 Å². The Bertz CT molecular complexity index is 1060. The molecule has 1 heterocycles. The summed E-state index contributed by atoms with van der Waals surface area (Å²) in [5, 5.41) is 10.6. The molecule has 3 aromatic carbocycles. The van der Waals surface area contributed by atoms with E-state index in [1.165, 1.54) is 5.56 Å². The number of hydrogen-bond donors (Lipinski definition) is 0. The van der Waals surface area contributed by atoms with Crippen LogP contribution in [0.4, 0.5) is 0 Å². The van der Waals surface area contributed by atoms with Gasteiger partial charge >= 0.3 is 0 Å². The largest absolute Gasteiger partial charge is 0.270 e. The molecular formula is C22H18ClN3S. The van der Waals surface area contributed by atoms with Gasteiger partial charge in [0.15, 0.2) is 11.0 Å². The van der Waals surface area contributed by atoms with Crippen LogP contribution in [0.2, 0.25) is 5.02 Å². The lowest BCUT2D eigenvalue weighted by Gasteiger charge is -2.11. The van der Waals surface area contributed by atoms with E-state index in [-0.39, 0.29) is 0 Å². The fourth-order valence-corrected chi connectivity index (χ4v) is 4.02. The molecule has 0 aliphatic carbocycles. The third-order valence-electron chi connectivity index (χ3n) is 4.18. The summed E-state index contributed by atoms with van der Waals surface area (Å²) in [6, 6.07) is 26.5. The quantitative estimate of drug-likeness (QED) is 0.380. The van der Waals surface area contributed by atoms with Crippen molar-refractivity contribution in [3.8, 4) is 17.1 Å². The molecule has 4 rings (SSSR count). The molecule has 0 N–H and O–H groups in total. The van der Waals surface area contributed by atoms with Crippen LogP contribution in [0, 0.1) is 6.92 Å². The second-order valence-corrected chi connectivity index (χ2v) is 7.64. The summed E-state index contributed by atoms with van der Waals surface area (Å²) in [5.74, 6) is 1.62. The van der Waals surface area contributed by atoms with Gasteiger partial charge in [-0.3, -0.25) is 4.57 Å². The van der Waals surface area contributed by atoms with Gasteiger partial charge in [0.2, 0.25) is 0 Å². The van der Waals surface area contributed by atoms with Crippen LogP contribution < -0.4 is 0 Å². The maximum atomic E-state index is 6.11. The normalized spacial score (nSPS) is 10.9. The van der Waals surface area contributed by atoms with Crippen LogP contribution in [-0.4, -0.2) is 14.8 Å². The molecule has 4 aromatic rings. The minimum absolute atomic E-state index is 0.748. The van der Waals surface area contributed by atoms with Gasteiger partial charge in [0.25, 0.3) is 0 Å². The summed E-state index contributed by atoms with van der Waals surface area (Å²) in [7, 11) is 0. The molecule has 27 heavy (non-hydrogen) atoms. The average Bonchev–Trinajstić information content (AvgIpc) is 3.11. The van der Waals surface area contributed by atoms with E-state index in [0.717, 1.165) is 38.6 Å². The predicted octanol–water partition coefficient (Wildman–Crippen LogP) is 6.19. The Labute approximate surface area is 168 Å². The highest BCUT2D eigenvalue weighted by atomic mass is 35.5. The second-order valence-electron chi connectivity index (χ2n) is 6.27. The Kier molecular flexibility index (Phi) is 5.28. The fourth-order valence-electron chi connectivity index (χ4n) is 2.91. The lowest BCUT2D eigenvalue weighted by Crippen LogP contribution is -2.00. The first-order valence-corrected chi connectivity index (χ1v) is 10.0. The summed E-state index contributed by atoms with van der Waals surface area (Å²) >= 11 is 7.77. The van der Waals surface area contributed by atoms with Gasteiger partial charge in [0.05, 0.1) is 0 Å². The Morgan fingerprint density at radius 1 is 0.889 bits per heavy atom. The van der Waals surface area contributed by atoms with Crippen molar-refractivity contribution < 1.29 is 0 Å². The predicted molar refractivity (Wildman–Crippen MR) is 113 cm³/mol. The van der Waals surface area contributed by atoms with E-state index < -0.39 is 0 Å². The number of aromatic nitrogens is 3. The van der Waals surface area contributed by atoms with E-state index in [4.69, 9.17) is 11.6 Å². The van der Waals surface area contributed by atoms with Crippen molar-refractivity contribution in [1.29, 1.82) is 0 Å². The highest BCUT2D eigenvalue weighted by Gasteiger charge is 2.16. The number of thioether (sulfide) groups is 1. The average molecular weight is 392 g/mol. The summed E-state index contributed by atoms with van der Waals surface area (Å²) < 4.78 is 2.12. The van der Waals surface area contributed by atoms with Crippen molar-refractivity contribution in [1.82, 2.24) is 14.8 Å². The Balaban J connectivity index is 1.74. The molecule has 0 atom stereocenters. The molecule has 0 bridgehead atoms. The SMILES string of the molecule is Cc1cccc(-n2c(SCc3cccc(Cl)c3)nnc2-c2ccccc2)c1. The van der Waals surface area contributed by atoms with Gasteiger partial charge < -0.3 is 0 Å². The summed E-state index contributed by atoms with van der Waals surface area (Å²) in [4.78, 5) is 0. The molecule has 0 unspecified atom stereocenters. The van der Waals surface area contributed by atoms with Gasteiger partial charge in [-0.1, -0.05) is 78.0 Å². The van der Waals surface area contributed by atoms with Crippen molar-refractivity contribution in [2.75, 3.05) is 0 Å². The minimum atomic E-state index is 0.748. The van der Waals surface area contributed by atoms with Gasteiger partial charge in [0, 0.05) is 22.0 Å². The minimum Gasteiger partial charge on any atom is -0.270 e. The molecule has 0 spiro atoms. The van der Waals surface area contributed by atoms with Crippen LogP contribution in [0.3, 0.4) is 0 Å². The summed E-state index contributed by atoms with van der Waals surface area (Å²) in [5.41, 5.74) is 4.46. The molecule has 0 saturated heterocycles. The lowest BCUT2D eigenvalue weighted by molar-refractivity contribution is 0.885. The van der Waals surface area contributed by atoms with Gasteiger partial charge in [-0.2, -0.15) is 0 Å². The maximum absolute atomic E-state index is 6.11. The van der Waals surface area contributed by atoms with E-state index in [0.29, 0.717) is 0 Å². The Morgan fingerprint density at radius 2 is 1.70 bits per heavy atom. The summed E-state index contributed by atoms with van der Waals surface area (Å²) in [6.45, 7) is 2.09. The number of benzene rings is 3. The number of halogens is 1. The molecule has 0 amide bonds. The van der Waals surface area contributed by atoms with E-state index in [9.17, 15) is 0 Å². The van der Waals surface area contributed by atoms with Crippen molar-refractivity contribution in [3.63, 3.8) is 0 Å². The number of nitrogens with zero attached hydrogens (tertiary/aromatic N) is 3. The van der Waals surface area contributed by atoms with E-state index in [1.54, 1.807) is 11.8 Å². The molecule has 0 fully saturated rings. The molecule has 5 heteroatoms. The lowest BCUT2D eigenvalue weighted by atomic mass is 10.2. The van der Waals surface area contributed by atoms with E-state index in [1.807, 2.05) is 36.4 Å². The smallest absolute Gasteiger partial charge is 0.196 e. The molecule has 1 aromatic heterocycles. The zero-order valence-electron chi connectivity index (χ0n) is 14.8. The summed E-state index contributed by atoms with van der Waals surface area (Å²) in [6.07, 6.45) is 0. The third-order valence-corrected chi connectivity index (χ3v) is 5.42. The molecule has 3 nitrogen and oxygen atoms in total. The maximum Gasteiger partial charge on any atom is 0.196 e. The van der Waals surface area contributed by atoms with E-state index in [2.05, 4.69) is 64.2 Å². The standard InChI is InChI=1S/C22H18ClN3S/c1-16-7-5-12-20(13-16)26-21(18-9-3-2-4-10-18)24-25-22(26)27-15-17-8-6-11-19(23)14-17/h2-14H,15H2,1H3. The topological polar surface area (TPSA) is 30.7 Å². The molecule has 0 aliphatic rings. The second kappa shape index (κ2) is 7.99. The molecule has 0 saturated carbocycles. The van der Waals surface area contributed by atoms with Crippen LogP contribution in [0.5, 0.6) is 0 Å². The zero-order valence-corrected chi connectivity index (χ0v) is 16.4. The van der Waals surface area contributed by atoms with E-state index >= 15 is 0 Å². The molecular weight excluding hydrogens is 374 g/mol. The fraction of sp³-hybridized carbons (Fsp3) is 0.0909. The van der Waals surface area contributed by atoms with Crippen molar-refractivity contribution in [2.24, 2.45) is 0 Å². The van der Waals surface area contributed by atoms with Crippen molar-refractivity contribution >= 4 is 23.4 Å². The first kappa shape index (κ1) is 17.8. The van der Waals surface area contributed by atoms with Crippen LogP contribution in [0.1, 0.15) is 11.1 Å². The monoisotopic (exact) mass is 391 g/mol. The van der Waals surface area contributed by atoms with Crippen LogP contribution in [0.15, 0.2) is 84.0 Å². The first-order valence-electron chi connectivity index (χ1n) is 8.66. The highest BCUT2D eigenvalue weighted by Crippen LogP contribution is 2.30. The molecule has 134 valence electrons. The highest BCUT2D eigenvalue weighted by molar-refractivity contribution is 7.98. The Morgan fingerprint density at radius 3 is 2.48 bits per heavy atom. The number of rotatable bonds is 5. The first-order chi connectivity index (χ1) is 13.2. The van der Waals surface area contributed by atoms with Gasteiger partial charge in [-0.15, -0.1) is 10.2 Å². The third kappa shape index (κ3) is 4.07. The van der Waals surface area contributed by atoms with Gasteiger partial charge in [-0.25, -0.2) is 0 Å². The van der Waals surface area contributed by atoms with Crippen molar-refractivity contribution in [2.45, 2.75) is 17.8 Å². The molecule has 0 aliphatic heterocycles. The molecule has 0 radical (unpaired) electrons. The zero-order chi connectivity index (χ0) is 18.6.